The second-order valence-electron chi connectivity index (χ2n) is 7.02. The molecule has 150 valence electrons. The Labute approximate surface area is 177 Å². The molecule has 27 heavy (non-hydrogen) atoms. The molecule has 5 nitrogen and oxygen atoms in total. The van der Waals surface area contributed by atoms with Crippen LogP contribution in [0.15, 0.2) is 35.2 Å². The van der Waals surface area contributed by atoms with Crippen LogP contribution in [0, 0.1) is 0 Å². The Hall–Kier alpha value is -1.18. The molecular weight excluding hydrogens is 403 g/mol. The second kappa shape index (κ2) is 11.0. The van der Waals surface area contributed by atoms with Crippen LogP contribution in [0.3, 0.4) is 0 Å². The Bertz CT molecular complexity index is 705. The maximum atomic E-state index is 12.6. The van der Waals surface area contributed by atoms with Crippen molar-refractivity contribution in [2.75, 3.05) is 12.4 Å². The Morgan fingerprint density at radius 2 is 2.00 bits per heavy atom. The van der Waals surface area contributed by atoms with Crippen molar-refractivity contribution in [3.63, 3.8) is 0 Å². The molecule has 0 bridgehead atoms. The summed E-state index contributed by atoms with van der Waals surface area (Å²) in [5.41, 5.74) is 10.5. The lowest BCUT2D eigenvalue weighted by molar-refractivity contribution is -0.122. The summed E-state index contributed by atoms with van der Waals surface area (Å²) in [5.74, 6) is -0.0554. The Morgan fingerprint density at radius 3 is 2.67 bits per heavy atom. The summed E-state index contributed by atoms with van der Waals surface area (Å²) < 4.78 is 0. The second-order valence-corrected chi connectivity index (χ2v) is 7.74. The molecule has 1 aliphatic carbocycles. The highest BCUT2D eigenvalue weighted by atomic mass is 35.5. The fourth-order valence-corrected chi connectivity index (χ4v) is 3.92. The number of nitrogens with zero attached hydrogens (tertiary/aromatic N) is 2. The van der Waals surface area contributed by atoms with Crippen LogP contribution in [-0.4, -0.2) is 28.4 Å². The zero-order valence-corrected chi connectivity index (χ0v) is 18.0. The van der Waals surface area contributed by atoms with E-state index in [1.165, 1.54) is 6.42 Å². The molecule has 0 spiro atoms. The molecule has 1 heterocycles. The van der Waals surface area contributed by atoms with Gasteiger partial charge >= 0.3 is 0 Å². The van der Waals surface area contributed by atoms with Crippen LogP contribution >= 0.6 is 36.2 Å². The van der Waals surface area contributed by atoms with E-state index >= 15 is 0 Å². The maximum Gasteiger partial charge on any atom is 0.244 e. The number of carbonyl (C=O) groups excluding carboxylic acids is 1. The number of hydrogen-bond acceptors (Lipinski definition) is 5. The number of rotatable bonds is 6. The molecule has 1 saturated carbocycles. The molecule has 0 aliphatic heterocycles. The maximum absolute atomic E-state index is 12.6. The number of hydrogen-bond donors (Lipinski definition) is 2. The molecule has 1 fully saturated rings. The van der Waals surface area contributed by atoms with Gasteiger partial charge in [0.15, 0.2) is 0 Å². The molecule has 3 rings (SSSR count). The van der Waals surface area contributed by atoms with E-state index < -0.39 is 5.54 Å². The molecule has 3 N–H and O–H groups in total. The van der Waals surface area contributed by atoms with Crippen LogP contribution < -0.4 is 11.1 Å². The summed E-state index contributed by atoms with van der Waals surface area (Å²) in [6.07, 6.45) is 4.79. The lowest BCUT2D eigenvalue weighted by Crippen LogP contribution is -2.52. The largest absolute Gasteiger partial charge is 0.324 e. The van der Waals surface area contributed by atoms with Crippen LogP contribution in [0.4, 0.5) is 5.69 Å². The van der Waals surface area contributed by atoms with Crippen LogP contribution in [0.25, 0.3) is 0 Å². The number of thiazole rings is 1. The molecule has 8 heteroatoms. The highest BCUT2D eigenvalue weighted by molar-refractivity contribution is 7.07. The summed E-state index contributed by atoms with van der Waals surface area (Å²) in [4.78, 5) is 19.1. The highest BCUT2D eigenvalue weighted by Crippen LogP contribution is 2.27. The van der Waals surface area contributed by atoms with Crippen molar-refractivity contribution >= 4 is 47.7 Å². The fourth-order valence-electron chi connectivity index (χ4n) is 3.37. The van der Waals surface area contributed by atoms with E-state index in [9.17, 15) is 4.79 Å². The zero-order chi connectivity index (χ0) is 17.7. The number of benzene rings is 1. The van der Waals surface area contributed by atoms with Gasteiger partial charge in [0.2, 0.25) is 5.91 Å². The van der Waals surface area contributed by atoms with Crippen LogP contribution in [-0.2, 0) is 17.9 Å². The summed E-state index contributed by atoms with van der Waals surface area (Å²) in [5, 5.41) is 5.09. The number of anilines is 1. The first-order valence-electron chi connectivity index (χ1n) is 8.80. The fraction of sp³-hybridized carbons (Fsp3) is 0.474. The molecule has 1 aromatic heterocycles. The Balaban J connectivity index is 0.00000182. The van der Waals surface area contributed by atoms with Crippen molar-refractivity contribution < 1.29 is 4.79 Å². The van der Waals surface area contributed by atoms with Gasteiger partial charge in [0.25, 0.3) is 0 Å². The number of carbonyl (C=O) groups is 1. The standard InChI is InChI=1S/C19H26N4OS.2ClH/c1-23(12-17-13-25-14-21-17)11-15-6-5-7-16(10-15)22-18(24)19(20)8-3-2-4-9-19;;/h5-7,10,13-14H,2-4,8-9,11-12,20H2,1H3,(H,22,24);2*1H. The third-order valence-corrected chi connectivity index (χ3v) is 5.39. The molecule has 0 saturated heterocycles. The summed E-state index contributed by atoms with van der Waals surface area (Å²) in [7, 11) is 2.07. The zero-order valence-electron chi connectivity index (χ0n) is 15.5. The average Bonchev–Trinajstić information content (AvgIpc) is 3.08. The van der Waals surface area contributed by atoms with Crippen molar-refractivity contribution in [1.82, 2.24) is 9.88 Å². The Morgan fingerprint density at radius 1 is 1.26 bits per heavy atom. The van der Waals surface area contributed by atoms with E-state index in [-0.39, 0.29) is 30.7 Å². The van der Waals surface area contributed by atoms with Crippen molar-refractivity contribution in [3.8, 4) is 0 Å². The average molecular weight is 431 g/mol. The van der Waals surface area contributed by atoms with E-state index in [4.69, 9.17) is 5.73 Å². The van der Waals surface area contributed by atoms with Gasteiger partial charge in [-0.3, -0.25) is 9.69 Å². The van der Waals surface area contributed by atoms with E-state index in [0.29, 0.717) is 0 Å². The number of halogens is 2. The number of nitrogens with two attached hydrogens (primary N) is 1. The first-order chi connectivity index (χ1) is 12.0. The van der Waals surface area contributed by atoms with Gasteiger partial charge < -0.3 is 11.1 Å². The quantitative estimate of drug-likeness (QED) is 0.719. The van der Waals surface area contributed by atoms with Crippen LogP contribution in [0.5, 0.6) is 0 Å². The smallest absolute Gasteiger partial charge is 0.244 e. The highest BCUT2D eigenvalue weighted by Gasteiger charge is 2.35. The molecule has 0 atom stereocenters. The lowest BCUT2D eigenvalue weighted by atomic mass is 9.82. The van der Waals surface area contributed by atoms with E-state index in [0.717, 1.165) is 55.7 Å². The van der Waals surface area contributed by atoms with Gasteiger partial charge in [-0.25, -0.2) is 4.98 Å². The molecule has 1 aromatic carbocycles. The number of amides is 1. The molecule has 1 aliphatic rings. The molecule has 1 amide bonds. The van der Waals surface area contributed by atoms with Gasteiger partial charge in [0.05, 0.1) is 16.7 Å². The SMILES string of the molecule is CN(Cc1cccc(NC(=O)C2(N)CCCCC2)c1)Cc1cscn1.Cl.Cl. The molecule has 0 unspecified atom stereocenters. The van der Waals surface area contributed by atoms with Gasteiger partial charge in [-0.05, 0) is 37.6 Å². The minimum atomic E-state index is -0.713. The van der Waals surface area contributed by atoms with Crippen molar-refractivity contribution in [2.45, 2.75) is 50.7 Å². The summed E-state index contributed by atoms with van der Waals surface area (Å²) >= 11 is 1.61. The first kappa shape index (κ1) is 23.9. The summed E-state index contributed by atoms with van der Waals surface area (Å²) in [6.45, 7) is 1.61. The predicted octanol–water partition coefficient (Wildman–Crippen LogP) is 4.22. The normalized spacial score (nSPS) is 15.5. The van der Waals surface area contributed by atoms with Crippen LogP contribution in [0.2, 0.25) is 0 Å². The Kier molecular flexibility index (Phi) is 9.70. The van der Waals surface area contributed by atoms with E-state index in [2.05, 4.69) is 33.7 Å². The third kappa shape index (κ3) is 6.73. The lowest BCUT2D eigenvalue weighted by Gasteiger charge is -2.31. The molecule has 0 radical (unpaired) electrons. The van der Waals surface area contributed by atoms with Crippen molar-refractivity contribution in [2.24, 2.45) is 5.73 Å². The topological polar surface area (TPSA) is 71.2 Å². The third-order valence-electron chi connectivity index (χ3n) is 4.75. The van der Waals surface area contributed by atoms with E-state index in [1.807, 2.05) is 23.7 Å². The van der Waals surface area contributed by atoms with Crippen molar-refractivity contribution in [3.05, 3.63) is 46.4 Å². The van der Waals surface area contributed by atoms with Crippen molar-refractivity contribution in [1.29, 1.82) is 0 Å². The van der Waals surface area contributed by atoms with Gasteiger partial charge in [0, 0.05) is 24.2 Å². The number of aromatic nitrogens is 1. The number of nitrogens with one attached hydrogen (secondary N) is 1. The van der Waals surface area contributed by atoms with Crippen LogP contribution in [0.1, 0.15) is 43.4 Å². The van der Waals surface area contributed by atoms with E-state index in [1.54, 1.807) is 11.3 Å². The molecule has 2 aromatic rings. The minimum Gasteiger partial charge on any atom is -0.324 e. The predicted molar refractivity (Wildman–Crippen MR) is 117 cm³/mol. The first-order valence-corrected chi connectivity index (χ1v) is 9.74. The van der Waals surface area contributed by atoms with Gasteiger partial charge in [-0.2, -0.15) is 0 Å². The van der Waals surface area contributed by atoms with Gasteiger partial charge in [-0.1, -0.05) is 31.4 Å². The van der Waals surface area contributed by atoms with Gasteiger partial charge in [0.1, 0.15) is 0 Å². The monoisotopic (exact) mass is 430 g/mol. The summed E-state index contributed by atoms with van der Waals surface area (Å²) in [6, 6.07) is 8.01. The molecular formula is C19H28Cl2N4OS. The minimum absolute atomic E-state index is 0. The van der Waals surface area contributed by atoms with Gasteiger partial charge in [-0.15, -0.1) is 36.2 Å².